The van der Waals surface area contributed by atoms with Crippen molar-refractivity contribution < 1.29 is 14.3 Å². The summed E-state index contributed by atoms with van der Waals surface area (Å²) in [6.07, 6.45) is 3.85. The molecule has 0 amide bonds. The number of nitrogens with zero attached hydrogens (tertiary/aromatic N) is 1. The molecule has 4 aliphatic rings. The van der Waals surface area contributed by atoms with Gasteiger partial charge in [-0.25, -0.2) is 0 Å². The summed E-state index contributed by atoms with van der Waals surface area (Å²) in [4.78, 5) is 14.8. The van der Waals surface area contributed by atoms with Gasteiger partial charge >= 0.3 is 0 Å². The quantitative estimate of drug-likeness (QED) is 0.715. The van der Waals surface area contributed by atoms with Crippen LogP contribution in [-0.2, 0) is 14.3 Å². The molecule has 4 aliphatic heterocycles. The van der Waals surface area contributed by atoms with E-state index in [2.05, 4.69) is 41.3 Å². The number of para-hydroxylation sites is 1. The second-order valence-corrected chi connectivity index (χ2v) is 5.99. The van der Waals surface area contributed by atoms with Gasteiger partial charge in [0.15, 0.2) is 5.78 Å². The second kappa shape index (κ2) is 3.71. The number of ether oxygens (including phenoxy) is 2. The average Bonchev–Trinajstić information content (AvgIpc) is 3.08. The zero-order chi connectivity index (χ0) is 13.3. The van der Waals surface area contributed by atoms with Gasteiger partial charge in [-0.3, -0.25) is 4.79 Å². The monoisotopic (exact) mass is 269 g/mol. The first kappa shape index (κ1) is 11.1. The van der Waals surface area contributed by atoms with Gasteiger partial charge < -0.3 is 14.4 Å². The summed E-state index contributed by atoms with van der Waals surface area (Å²) >= 11 is 0. The smallest absolute Gasteiger partial charge is 0.218 e. The molecule has 3 fully saturated rings. The molecule has 4 heterocycles. The van der Waals surface area contributed by atoms with Crippen molar-refractivity contribution in [3.8, 4) is 0 Å². The van der Waals surface area contributed by atoms with E-state index >= 15 is 0 Å². The number of hydrogen-bond donors (Lipinski definition) is 0. The number of carbonyl (C=O) groups excluding carboxylic acids is 1. The molecule has 0 radical (unpaired) electrons. The normalized spacial score (nSPS) is 40.5. The lowest BCUT2D eigenvalue weighted by Crippen LogP contribution is -2.45. The molecule has 0 aromatic heterocycles. The molecule has 5 rings (SSSR count). The fourth-order valence-corrected chi connectivity index (χ4v) is 4.19. The fraction of sp³-hybridized carbons (Fsp3) is 0.438. The van der Waals surface area contributed by atoms with Crippen molar-refractivity contribution in [2.75, 3.05) is 18.1 Å². The van der Waals surface area contributed by atoms with Crippen LogP contribution >= 0.6 is 0 Å². The molecule has 2 bridgehead atoms. The third-order valence-electron chi connectivity index (χ3n) is 5.07. The van der Waals surface area contributed by atoms with Crippen LogP contribution in [-0.4, -0.2) is 37.4 Å². The molecular formula is C16H15NO3. The Balaban J connectivity index is 1.60. The largest absolute Gasteiger partial charge is 0.363 e. The van der Waals surface area contributed by atoms with Crippen LogP contribution in [0.1, 0.15) is 5.56 Å². The van der Waals surface area contributed by atoms with Crippen molar-refractivity contribution >= 4 is 17.5 Å². The highest BCUT2D eigenvalue weighted by atomic mass is 16.7. The Labute approximate surface area is 117 Å². The van der Waals surface area contributed by atoms with Gasteiger partial charge in [-0.2, -0.15) is 0 Å². The fourth-order valence-electron chi connectivity index (χ4n) is 4.19. The van der Waals surface area contributed by atoms with E-state index in [-0.39, 0.29) is 29.8 Å². The highest BCUT2D eigenvalue weighted by molar-refractivity contribution is 5.88. The molecule has 0 aliphatic carbocycles. The van der Waals surface area contributed by atoms with Crippen molar-refractivity contribution in [2.45, 2.75) is 18.4 Å². The lowest BCUT2D eigenvalue weighted by Gasteiger charge is -2.34. The molecule has 1 aromatic carbocycles. The van der Waals surface area contributed by atoms with Gasteiger partial charge in [0.1, 0.15) is 0 Å². The summed E-state index contributed by atoms with van der Waals surface area (Å²) in [6.45, 7) is 1.34. The number of anilines is 1. The number of benzene rings is 1. The van der Waals surface area contributed by atoms with Crippen LogP contribution in [0.25, 0.3) is 6.08 Å². The van der Waals surface area contributed by atoms with Gasteiger partial charge in [0.05, 0.1) is 18.8 Å². The number of hydrogen-bond acceptors (Lipinski definition) is 4. The number of fused-ring (bicyclic) bond motifs is 8. The zero-order valence-corrected chi connectivity index (χ0v) is 10.9. The Hall–Kier alpha value is -1.65. The molecule has 3 saturated heterocycles. The lowest BCUT2D eigenvalue weighted by atomic mass is 9.81. The number of carbonyl (C=O) groups is 1. The molecule has 4 heteroatoms. The van der Waals surface area contributed by atoms with Crippen LogP contribution in [0.2, 0.25) is 0 Å². The minimum Gasteiger partial charge on any atom is -0.363 e. The van der Waals surface area contributed by atoms with Crippen LogP contribution in [0.5, 0.6) is 0 Å². The van der Waals surface area contributed by atoms with Crippen molar-refractivity contribution in [3.05, 3.63) is 35.9 Å². The van der Waals surface area contributed by atoms with E-state index in [1.165, 1.54) is 11.3 Å². The molecule has 20 heavy (non-hydrogen) atoms. The number of Topliss-reactive ketones (excluding diaryl/α,β-unsaturated/α-hetero) is 1. The van der Waals surface area contributed by atoms with E-state index in [1.807, 2.05) is 0 Å². The summed E-state index contributed by atoms with van der Waals surface area (Å²) in [5.74, 6) is 0.400. The molecule has 102 valence electrons. The summed E-state index contributed by atoms with van der Waals surface area (Å²) in [6, 6.07) is 8.63. The van der Waals surface area contributed by atoms with Crippen molar-refractivity contribution in [1.82, 2.24) is 0 Å². The molecule has 0 N–H and O–H groups in total. The van der Waals surface area contributed by atoms with E-state index in [0.717, 1.165) is 6.54 Å². The SMILES string of the molecule is O=C1[C@@H]2OC[C@@H](O2)[C@H]2[C@@H]1CN1c3ccccc3C=C[C@H]21. The Morgan fingerprint density at radius 2 is 2.15 bits per heavy atom. The topological polar surface area (TPSA) is 38.8 Å². The van der Waals surface area contributed by atoms with Crippen LogP contribution in [0.3, 0.4) is 0 Å². The van der Waals surface area contributed by atoms with Gasteiger partial charge in [0.2, 0.25) is 6.29 Å². The standard InChI is InChI=1S/C16H15NO3/c18-15-10-7-17-11-4-2-1-3-9(11)5-6-12(17)14(10)13-8-19-16(15)20-13/h1-6,10,12-14,16H,7-8H2/t10-,12+,13+,14-,16+/m0/s1. The van der Waals surface area contributed by atoms with Crippen LogP contribution in [0.4, 0.5) is 5.69 Å². The van der Waals surface area contributed by atoms with Gasteiger partial charge in [0, 0.05) is 24.1 Å². The second-order valence-electron chi connectivity index (χ2n) is 5.99. The number of rotatable bonds is 0. The summed E-state index contributed by atoms with van der Waals surface area (Å²) in [7, 11) is 0. The number of ketones is 1. The molecule has 1 aromatic rings. The van der Waals surface area contributed by atoms with Gasteiger partial charge in [-0.05, 0) is 11.6 Å². The van der Waals surface area contributed by atoms with E-state index in [9.17, 15) is 4.79 Å². The van der Waals surface area contributed by atoms with E-state index in [4.69, 9.17) is 9.47 Å². The Morgan fingerprint density at radius 1 is 1.25 bits per heavy atom. The third kappa shape index (κ3) is 1.26. The summed E-state index contributed by atoms with van der Waals surface area (Å²) in [5, 5.41) is 0. The first-order valence-electron chi connectivity index (χ1n) is 7.17. The molecular weight excluding hydrogens is 254 g/mol. The van der Waals surface area contributed by atoms with Gasteiger partial charge in [-0.1, -0.05) is 30.4 Å². The summed E-state index contributed by atoms with van der Waals surface area (Å²) in [5.41, 5.74) is 2.47. The minimum absolute atomic E-state index is 0.0436. The molecule has 4 nitrogen and oxygen atoms in total. The predicted molar refractivity (Wildman–Crippen MR) is 73.2 cm³/mol. The maximum absolute atomic E-state index is 12.4. The van der Waals surface area contributed by atoms with Crippen molar-refractivity contribution in [2.24, 2.45) is 11.8 Å². The highest BCUT2D eigenvalue weighted by Crippen LogP contribution is 2.46. The molecule has 0 spiro atoms. The minimum atomic E-state index is -0.609. The van der Waals surface area contributed by atoms with Crippen molar-refractivity contribution in [1.29, 1.82) is 0 Å². The Bertz CT molecular complexity index is 626. The van der Waals surface area contributed by atoms with E-state index < -0.39 is 6.29 Å². The van der Waals surface area contributed by atoms with Crippen LogP contribution in [0, 0.1) is 11.8 Å². The zero-order valence-electron chi connectivity index (χ0n) is 10.9. The highest BCUT2D eigenvalue weighted by Gasteiger charge is 2.57. The van der Waals surface area contributed by atoms with Crippen molar-refractivity contribution in [3.63, 3.8) is 0 Å². The molecule has 5 atom stereocenters. The molecule has 0 unspecified atom stereocenters. The molecule has 0 saturated carbocycles. The Kier molecular flexibility index (Phi) is 2.05. The first-order valence-corrected chi connectivity index (χ1v) is 7.17. The van der Waals surface area contributed by atoms with Gasteiger partial charge in [-0.15, -0.1) is 0 Å². The average molecular weight is 269 g/mol. The van der Waals surface area contributed by atoms with E-state index in [1.54, 1.807) is 0 Å². The maximum Gasteiger partial charge on any atom is 0.218 e. The van der Waals surface area contributed by atoms with Crippen LogP contribution < -0.4 is 4.90 Å². The summed E-state index contributed by atoms with van der Waals surface area (Å²) < 4.78 is 11.2. The van der Waals surface area contributed by atoms with E-state index in [0.29, 0.717) is 6.61 Å². The van der Waals surface area contributed by atoms with Crippen LogP contribution in [0.15, 0.2) is 30.3 Å². The third-order valence-corrected chi connectivity index (χ3v) is 5.07. The van der Waals surface area contributed by atoms with Gasteiger partial charge in [0.25, 0.3) is 0 Å². The Morgan fingerprint density at radius 3 is 3.10 bits per heavy atom. The first-order chi connectivity index (χ1) is 9.83. The lowest BCUT2D eigenvalue weighted by molar-refractivity contribution is -0.162. The maximum atomic E-state index is 12.4. The predicted octanol–water partition coefficient (Wildman–Crippen LogP) is 1.46.